The molecule has 1 aromatic carbocycles. The molecule has 0 aliphatic carbocycles. The summed E-state index contributed by atoms with van der Waals surface area (Å²) in [4.78, 5) is 21.7. The van der Waals surface area contributed by atoms with Crippen LogP contribution in [0.1, 0.15) is 17.3 Å². The highest BCUT2D eigenvalue weighted by Crippen LogP contribution is 2.32. The predicted molar refractivity (Wildman–Crippen MR) is 58.5 cm³/mol. The number of aliphatic carboxylic acids is 1. The van der Waals surface area contributed by atoms with E-state index in [1.165, 1.54) is 18.2 Å². The zero-order chi connectivity index (χ0) is 12.6. The molecule has 6 nitrogen and oxygen atoms in total. The Morgan fingerprint density at radius 1 is 1.35 bits per heavy atom. The van der Waals surface area contributed by atoms with E-state index in [0.29, 0.717) is 11.4 Å². The molecule has 2 rings (SSSR count). The predicted octanol–water partition coefficient (Wildman–Crippen LogP) is 1.03. The number of fused-ring (bicyclic) bond motifs is 1. The van der Waals surface area contributed by atoms with Crippen LogP contribution in [-0.2, 0) is 4.79 Å². The number of nitrogens with one attached hydrogen (secondary N) is 1. The third-order valence-corrected chi connectivity index (χ3v) is 2.56. The topological polar surface area (TPSA) is 95.9 Å². The van der Waals surface area contributed by atoms with E-state index in [9.17, 15) is 9.59 Å². The van der Waals surface area contributed by atoms with Crippen molar-refractivity contribution in [1.29, 1.82) is 0 Å². The fraction of sp³-hybridized carbons (Fsp3) is 0.273. The van der Waals surface area contributed by atoms with E-state index in [1.54, 1.807) is 6.92 Å². The van der Waals surface area contributed by atoms with Crippen LogP contribution in [0.2, 0.25) is 0 Å². The van der Waals surface area contributed by atoms with Gasteiger partial charge in [0.25, 0.3) is 0 Å². The fourth-order valence-electron chi connectivity index (χ4n) is 1.70. The largest absolute Gasteiger partial charge is 0.478 e. The highest BCUT2D eigenvalue weighted by molar-refractivity contribution is 5.90. The smallest absolute Gasteiger partial charge is 0.347 e. The number of anilines is 1. The first-order valence-corrected chi connectivity index (χ1v) is 5.02. The molecule has 1 heterocycles. The molecule has 3 N–H and O–H groups in total. The second kappa shape index (κ2) is 3.97. The van der Waals surface area contributed by atoms with Crippen molar-refractivity contribution >= 4 is 17.6 Å². The number of carbonyl (C=O) groups is 2. The monoisotopic (exact) mass is 237 g/mol. The Balaban J connectivity index is 2.35. The summed E-state index contributed by atoms with van der Waals surface area (Å²) in [6.07, 6.45) is -0.974. The molecule has 17 heavy (non-hydrogen) atoms. The molecule has 1 aliphatic heterocycles. The molecule has 90 valence electrons. The van der Waals surface area contributed by atoms with Gasteiger partial charge >= 0.3 is 11.9 Å². The molecule has 0 saturated heterocycles. The molecular formula is C11H11NO5. The summed E-state index contributed by atoms with van der Waals surface area (Å²) in [5, 5.41) is 20.7. The van der Waals surface area contributed by atoms with Crippen LogP contribution < -0.4 is 10.1 Å². The average molecular weight is 237 g/mol. The van der Waals surface area contributed by atoms with Gasteiger partial charge in [0.05, 0.1) is 17.3 Å². The van der Waals surface area contributed by atoms with Crippen molar-refractivity contribution in [1.82, 2.24) is 0 Å². The molecule has 0 saturated carbocycles. The molecule has 1 aromatic rings. The average Bonchev–Trinajstić information content (AvgIpc) is 2.26. The summed E-state index contributed by atoms with van der Waals surface area (Å²) in [5.41, 5.74) is 0.621. The van der Waals surface area contributed by atoms with Gasteiger partial charge in [-0.3, -0.25) is 0 Å². The highest BCUT2D eigenvalue weighted by Gasteiger charge is 2.32. The summed E-state index contributed by atoms with van der Waals surface area (Å²) in [6, 6.07) is 3.82. The van der Waals surface area contributed by atoms with Crippen LogP contribution >= 0.6 is 0 Å². The summed E-state index contributed by atoms with van der Waals surface area (Å²) in [7, 11) is 0. The van der Waals surface area contributed by atoms with Crippen LogP contribution in [0.15, 0.2) is 18.2 Å². The van der Waals surface area contributed by atoms with E-state index in [0.717, 1.165) is 0 Å². The van der Waals surface area contributed by atoms with Crippen LogP contribution in [0.3, 0.4) is 0 Å². The number of hydrogen-bond donors (Lipinski definition) is 3. The number of hydrogen-bond acceptors (Lipinski definition) is 4. The minimum Gasteiger partial charge on any atom is -0.478 e. The number of ether oxygens (including phenoxy) is 1. The zero-order valence-electron chi connectivity index (χ0n) is 9.01. The highest BCUT2D eigenvalue weighted by atomic mass is 16.5. The maximum atomic E-state index is 10.9. The third kappa shape index (κ3) is 2.01. The molecule has 0 aromatic heterocycles. The van der Waals surface area contributed by atoms with E-state index in [-0.39, 0.29) is 5.56 Å². The standard InChI is InChI=1S/C11H11NO5/c1-5-9(11(15)16)17-8-3-2-6(10(13)14)4-7(8)12-5/h2-5,9,12H,1H3,(H,13,14)(H,15,16). The van der Waals surface area contributed by atoms with Gasteiger partial charge in [-0.05, 0) is 25.1 Å². The maximum Gasteiger partial charge on any atom is 0.347 e. The minimum atomic E-state index is -1.06. The van der Waals surface area contributed by atoms with Crippen LogP contribution in [0.5, 0.6) is 5.75 Å². The Morgan fingerprint density at radius 3 is 2.65 bits per heavy atom. The summed E-state index contributed by atoms with van der Waals surface area (Å²) >= 11 is 0. The Kier molecular flexibility index (Phi) is 2.63. The molecule has 0 spiro atoms. The maximum absolute atomic E-state index is 10.9. The van der Waals surface area contributed by atoms with Crippen LogP contribution in [-0.4, -0.2) is 34.3 Å². The van der Waals surface area contributed by atoms with Gasteiger partial charge in [-0.1, -0.05) is 0 Å². The van der Waals surface area contributed by atoms with Crippen LogP contribution in [0.25, 0.3) is 0 Å². The Morgan fingerprint density at radius 2 is 2.06 bits per heavy atom. The van der Waals surface area contributed by atoms with Crippen molar-refractivity contribution < 1.29 is 24.5 Å². The van der Waals surface area contributed by atoms with Crippen molar-refractivity contribution in [3.05, 3.63) is 23.8 Å². The van der Waals surface area contributed by atoms with E-state index >= 15 is 0 Å². The van der Waals surface area contributed by atoms with Gasteiger partial charge in [0.1, 0.15) is 5.75 Å². The lowest BCUT2D eigenvalue weighted by atomic mass is 10.1. The van der Waals surface area contributed by atoms with Gasteiger partial charge in [0.2, 0.25) is 6.10 Å². The molecule has 1 aliphatic rings. The normalized spacial score (nSPS) is 21.9. The first-order chi connectivity index (χ1) is 7.99. The van der Waals surface area contributed by atoms with Gasteiger partial charge in [-0.2, -0.15) is 0 Å². The lowest BCUT2D eigenvalue weighted by molar-refractivity contribution is -0.145. The van der Waals surface area contributed by atoms with Crippen molar-refractivity contribution in [3.8, 4) is 5.75 Å². The van der Waals surface area contributed by atoms with Crippen molar-refractivity contribution in [2.75, 3.05) is 5.32 Å². The lowest BCUT2D eigenvalue weighted by Crippen LogP contribution is -2.44. The van der Waals surface area contributed by atoms with Crippen molar-refractivity contribution in [2.45, 2.75) is 19.1 Å². The number of carboxylic acid groups (broad SMARTS) is 2. The minimum absolute atomic E-state index is 0.126. The number of benzene rings is 1. The first-order valence-electron chi connectivity index (χ1n) is 5.02. The van der Waals surface area contributed by atoms with Crippen molar-refractivity contribution in [2.24, 2.45) is 0 Å². The molecular weight excluding hydrogens is 226 g/mol. The molecule has 2 unspecified atom stereocenters. The van der Waals surface area contributed by atoms with Crippen LogP contribution in [0.4, 0.5) is 5.69 Å². The van der Waals surface area contributed by atoms with Gasteiger partial charge in [-0.25, -0.2) is 9.59 Å². The van der Waals surface area contributed by atoms with E-state index in [1.807, 2.05) is 0 Å². The molecule has 0 fully saturated rings. The number of carboxylic acids is 2. The number of rotatable bonds is 2. The quantitative estimate of drug-likeness (QED) is 0.711. The van der Waals surface area contributed by atoms with E-state index in [2.05, 4.69) is 5.32 Å². The van der Waals surface area contributed by atoms with Gasteiger partial charge in [-0.15, -0.1) is 0 Å². The van der Waals surface area contributed by atoms with Crippen molar-refractivity contribution in [3.63, 3.8) is 0 Å². The molecule has 0 radical (unpaired) electrons. The van der Waals surface area contributed by atoms with Gasteiger partial charge in [0, 0.05) is 0 Å². The Hall–Kier alpha value is -2.24. The fourth-order valence-corrected chi connectivity index (χ4v) is 1.70. The number of aromatic carboxylic acids is 1. The summed E-state index contributed by atoms with van der Waals surface area (Å²) in [6.45, 7) is 1.66. The van der Waals surface area contributed by atoms with Crippen LogP contribution in [0, 0.1) is 0 Å². The molecule has 2 atom stereocenters. The van der Waals surface area contributed by atoms with E-state index in [4.69, 9.17) is 14.9 Å². The summed E-state index contributed by atoms with van der Waals surface area (Å²) < 4.78 is 5.29. The molecule has 0 amide bonds. The first kappa shape index (κ1) is 11.3. The Labute approximate surface area is 96.8 Å². The lowest BCUT2D eigenvalue weighted by Gasteiger charge is -2.30. The van der Waals surface area contributed by atoms with E-state index < -0.39 is 24.1 Å². The third-order valence-electron chi connectivity index (χ3n) is 2.56. The SMILES string of the molecule is CC1Nc2cc(C(=O)O)ccc2OC1C(=O)O. The molecule has 6 heteroatoms. The van der Waals surface area contributed by atoms with Gasteiger partial charge in [0.15, 0.2) is 0 Å². The second-order valence-corrected chi connectivity index (χ2v) is 3.83. The van der Waals surface area contributed by atoms with Gasteiger partial charge < -0.3 is 20.3 Å². The molecule has 0 bridgehead atoms. The second-order valence-electron chi connectivity index (χ2n) is 3.83. The summed E-state index contributed by atoms with van der Waals surface area (Å²) in [5.74, 6) is -1.75. The zero-order valence-corrected chi connectivity index (χ0v) is 9.01. The Bertz CT molecular complexity index is 485.